The lowest BCUT2D eigenvalue weighted by Crippen LogP contribution is -2.15. The number of hydrogen-bond donors (Lipinski definition) is 1. The second kappa shape index (κ2) is 7.39. The molecule has 0 aliphatic heterocycles. The van der Waals surface area contributed by atoms with Gasteiger partial charge in [-0.05, 0) is 43.3 Å². The number of aromatic nitrogens is 3. The summed E-state index contributed by atoms with van der Waals surface area (Å²) in [5, 5.41) is 12.9. The van der Waals surface area contributed by atoms with Crippen molar-refractivity contribution in [3.05, 3.63) is 95.6 Å². The van der Waals surface area contributed by atoms with Gasteiger partial charge in [0.1, 0.15) is 23.0 Å². The molecule has 0 radical (unpaired) electrons. The number of para-hydroxylation sites is 2. The van der Waals surface area contributed by atoms with Gasteiger partial charge < -0.3 is 5.32 Å². The van der Waals surface area contributed by atoms with Gasteiger partial charge in [-0.1, -0.05) is 48.0 Å². The summed E-state index contributed by atoms with van der Waals surface area (Å²) < 4.78 is 1.79. The third-order valence-electron chi connectivity index (χ3n) is 5.13. The zero-order chi connectivity index (χ0) is 21.4. The van der Waals surface area contributed by atoms with E-state index in [9.17, 15) is 10.1 Å². The van der Waals surface area contributed by atoms with Crippen LogP contribution in [0.1, 0.15) is 21.5 Å². The fourth-order valence-corrected chi connectivity index (χ4v) is 3.58. The highest BCUT2D eigenvalue weighted by Crippen LogP contribution is 2.32. The van der Waals surface area contributed by atoms with E-state index in [0.717, 1.165) is 11.3 Å². The van der Waals surface area contributed by atoms with Gasteiger partial charge in [0.15, 0.2) is 5.65 Å². The van der Waals surface area contributed by atoms with E-state index in [2.05, 4.69) is 11.4 Å². The number of aryl methyl sites for hydroxylation is 1. The summed E-state index contributed by atoms with van der Waals surface area (Å²) in [4.78, 5) is 22.4. The van der Waals surface area contributed by atoms with Crippen LogP contribution >= 0.6 is 0 Å². The van der Waals surface area contributed by atoms with Crippen molar-refractivity contribution in [2.45, 2.75) is 6.92 Å². The van der Waals surface area contributed by atoms with Crippen molar-refractivity contribution in [3.8, 4) is 11.8 Å². The first kappa shape index (κ1) is 18.5. The van der Waals surface area contributed by atoms with Gasteiger partial charge in [0.05, 0.1) is 11.0 Å². The first-order valence-corrected chi connectivity index (χ1v) is 9.80. The Balaban J connectivity index is 1.80. The molecule has 148 valence electrons. The van der Waals surface area contributed by atoms with E-state index >= 15 is 0 Å². The molecule has 1 N–H and O–H groups in total. The van der Waals surface area contributed by atoms with Crippen LogP contribution in [0.2, 0.25) is 0 Å². The topological polar surface area (TPSA) is 83.6 Å². The van der Waals surface area contributed by atoms with Crippen molar-refractivity contribution in [2.24, 2.45) is 0 Å². The molecule has 0 spiro atoms. The zero-order valence-corrected chi connectivity index (χ0v) is 16.7. The van der Waals surface area contributed by atoms with Crippen LogP contribution < -0.4 is 5.32 Å². The minimum Gasteiger partial charge on any atom is -0.306 e. The number of fused-ring (bicyclic) bond motifs is 2. The third kappa shape index (κ3) is 3.18. The maximum atomic E-state index is 13.0. The van der Waals surface area contributed by atoms with Crippen molar-refractivity contribution in [2.75, 3.05) is 5.32 Å². The van der Waals surface area contributed by atoms with Crippen molar-refractivity contribution < 1.29 is 4.79 Å². The normalized spacial score (nSPS) is 10.8. The molecule has 5 rings (SSSR count). The number of nitrogens with one attached hydrogen (secondary N) is 1. The van der Waals surface area contributed by atoms with Crippen LogP contribution in [0, 0.1) is 18.3 Å². The lowest BCUT2D eigenvalue weighted by molar-refractivity contribution is 0.102. The summed E-state index contributed by atoms with van der Waals surface area (Å²) in [7, 11) is 0. The number of hydrogen-bond acceptors (Lipinski definition) is 4. The minimum atomic E-state index is -0.308. The van der Waals surface area contributed by atoms with Gasteiger partial charge in [-0.2, -0.15) is 5.26 Å². The van der Waals surface area contributed by atoms with Crippen molar-refractivity contribution in [3.63, 3.8) is 0 Å². The Labute approximate surface area is 178 Å². The van der Waals surface area contributed by atoms with Crippen molar-refractivity contribution in [1.82, 2.24) is 14.5 Å². The van der Waals surface area contributed by atoms with E-state index in [1.165, 1.54) is 0 Å². The monoisotopic (exact) mass is 403 g/mol. The van der Waals surface area contributed by atoms with Crippen molar-refractivity contribution in [1.29, 1.82) is 5.26 Å². The van der Waals surface area contributed by atoms with Crippen LogP contribution in [0.5, 0.6) is 0 Å². The zero-order valence-electron chi connectivity index (χ0n) is 16.7. The summed E-state index contributed by atoms with van der Waals surface area (Å²) in [6.07, 6.45) is 0. The summed E-state index contributed by atoms with van der Waals surface area (Å²) in [5.41, 5.74) is 5.03. The van der Waals surface area contributed by atoms with Gasteiger partial charge in [0, 0.05) is 11.3 Å². The van der Waals surface area contributed by atoms with E-state index < -0.39 is 0 Å². The molecule has 0 bridgehead atoms. The second-order valence-corrected chi connectivity index (χ2v) is 7.21. The summed E-state index contributed by atoms with van der Waals surface area (Å²) in [6.45, 7) is 2.00. The lowest BCUT2D eigenvalue weighted by atomic mass is 10.2. The molecular weight excluding hydrogens is 386 g/mol. The molecule has 0 fully saturated rings. The Bertz CT molecular complexity index is 1480. The first-order valence-electron chi connectivity index (χ1n) is 9.80. The molecule has 0 aliphatic carbocycles. The lowest BCUT2D eigenvalue weighted by Gasteiger charge is -2.12. The first-order chi connectivity index (χ1) is 15.2. The largest absolute Gasteiger partial charge is 0.306 e. The molecule has 31 heavy (non-hydrogen) atoms. The van der Waals surface area contributed by atoms with E-state index in [1.807, 2.05) is 61.5 Å². The second-order valence-electron chi connectivity index (χ2n) is 7.21. The molecule has 3 aromatic carbocycles. The summed E-state index contributed by atoms with van der Waals surface area (Å²) in [6, 6.07) is 26.5. The Morgan fingerprint density at radius 3 is 2.23 bits per heavy atom. The maximum absolute atomic E-state index is 13.0. The number of nitriles is 1. The molecule has 1 amide bonds. The summed E-state index contributed by atoms with van der Waals surface area (Å²) in [5.74, 6) is 0.0448. The highest BCUT2D eigenvalue weighted by Gasteiger charge is 2.23. The van der Waals surface area contributed by atoms with Crippen molar-refractivity contribution >= 4 is 33.9 Å². The smallest absolute Gasteiger partial charge is 0.256 e. The minimum absolute atomic E-state index is 0.276. The molecule has 0 atom stereocenters. The molecule has 0 saturated carbocycles. The number of anilines is 1. The Hall–Kier alpha value is -4.50. The molecule has 6 nitrogen and oxygen atoms in total. The number of carbonyl (C=O) groups excluding carboxylic acids is 1. The highest BCUT2D eigenvalue weighted by molar-refractivity contribution is 6.07. The molecule has 0 unspecified atom stereocenters. The molecule has 6 heteroatoms. The predicted octanol–water partition coefficient (Wildman–Crippen LogP) is 5.01. The number of carbonyl (C=O) groups is 1. The van der Waals surface area contributed by atoms with Crippen LogP contribution in [-0.2, 0) is 0 Å². The predicted molar refractivity (Wildman–Crippen MR) is 120 cm³/mol. The Morgan fingerprint density at radius 1 is 0.903 bits per heavy atom. The quantitative estimate of drug-likeness (QED) is 0.459. The van der Waals surface area contributed by atoms with Crippen LogP contribution in [0.4, 0.5) is 5.82 Å². The maximum Gasteiger partial charge on any atom is 0.256 e. The Morgan fingerprint density at radius 2 is 1.55 bits per heavy atom. The number of benzene rings is 3. The van der Waals surface area contributed by atoms with Crippen LogP contribution in [-0.4, -0.2) is 20.4 Å². The average molecular weight is 403 g/mol. The molecule has 2 heterocycles. The van der Waals surface area contributed by atoms with Crippen LogP contribution in [0.25, 0.3) is 27.9 Å². The standard InChI is InChI=1S/C25H17N5O/c1-16-11-13-18(14-12-16)30-23(29-25(31)17-7-3-2-4-8-17)19(15-26)22-24(30)28-21-10-6-5-9-20(21)27-22/h2-14H,1H3,(H,29,31). The molecule has 2 aromatic heterocycles. The Kier molecular flexibility index (Phi) is 4.42. The van der Waals surface area contributed by atoms with E-state index in [-0.39, 0.29) is 11.5 Å². The fraction of sp³-hybridized carbons (Fsp3) is 0.0400. The van der Waals surface area contributed by atoms with Gasteiger partial charge in [-0.25, -0.2) is 9.97 Å². The van der Waals surface area contributed by atoms with Gasteiger partial charge in [-0.15, -0.1) is 0 Å². The molecular formula is C25H17N5O. The van der Waals surface area contributed by atoms with E-state index in [1.54, 1.807) is 28.8 Å². The molecule has 0 saturated heterocycles. The molecule has 0 aliphatic rings. The SMILES string of the molecule is Cc1ccc(-n2c(NC(=O)c3ccccc3)c(C#N)c3nc4ccccc4nc32)cc1. The summed E-state index contributed by atoms with van der Waals surface area (Å²) >= 11 is 0. The van der Waals surface area contributed by atoms with Crippen LogP contribution in [0.3, 0.4) is 0 Å². The van der Waals surface area contributed by atoms with Crippen LogP contribution in [0.15, 0.2) is 78.9 Å². The average Bonchev–Trinajstić information content (AvgIpc) is 3.10. The van der Waals surface area contributed by atoms with Gasteiger partial charge in [0.2, 0.25) is 0 Å². The fourth-order valence-electron chi connectivity index (χ4n) is 3.58. The number of amides is 1. The highest BCUT2D eigenvalue weighted by atomic mass is 16.1. The van der Waals surface area contributed by atoms with Gasteiger partial charge >= 0.3 is 0 Å². The van der Waals surface area contributed by atoms with Gasteiger partial charge in [-0.3, -0.25) is 9.36 Å². The van der Waals surface area contributed by atoms with E-state index in [4.69, 9.17) is 9.97 Å². The van der Waals surface area contributed by atoms with Gasteiger partial charge in [0.25, 0.3) is 5.91 Å². The molecule has 5 aromatic rings. The van der Waals surface area contributed by atoms with E-state index in [0.29, 0.717) is 33.6 Å². The third-order valence-corrected chi connectivity index (χ3v) is 5.13. The number of nitrogens with zero attached hydrogens (tertiary/aromatic N) is 4. The number of rotatable bonds is 3.